The zero-order valence-electron chi connectivity index (χ0n) is 13.7. The van der Waals surface area contributed by atoms with Gasteiger partial charge in [0.25, 0.3) is 0 Å². The Morgan fingerprint density at radius 3 is 2.46 bits per heavy atom. The predicted molar refractivity (Wildman–Crippen MR) is 91.5 cm³/mol. The first kappa shape index (κ1) is 17.3. The fourth-order valence-corrected chi connectivity index (χ4v) is 2.13. The molecule has 6 heteroatoms. The van der Waals surface area contributed by atoms with E-state index in [1.165, 1.54) is 7.11 Å². The lowest BCUT2D eigenvalue weighted by Gasteiger charge is -2.09. The molecule has 2 N–H and O–H groups in total. The molecule has 2 amide bonds. The zero-order valence-corrected chi connectivity index (χ0v) is 13.7. The van der Waals surface area contributed by atoms with Crippen molar-refractivity contribution in [3.8, 4) is 5.75 Å². The second-order valence-electron chi connectivity index (χ2n) is 5.05. The summed E-state index contributed by atoms with van der Waals surface area (Å²) in [4.78, 5) is 23.4. The molecule has 0 radical (unpaired) electrons. The highest BCUT2D eigenvalue weighted by Gasteiger charge is 2.07. The van der Waals surface area contributed by atoms with Crippen molar-refractivity contribution in [2.24, 2.45) is 0 Å². The molecule has 0 aliphatic heterocycles. The van der Waals surface area contributed by atoms with Crippen LogP contribution in [0, 0.1) is 0 Å². The van der Waals surface area contributed by atoms with Crippen molar-refractivity contribution in [2.45, 2.75) is 6.42 Å². The number of rotatable bonds is 6. The number of amides is 2. The van der Waals surface area contributed by atoms with Crippen LogP contribution in [-0.4, -0.2) is 32.8 Å². The van der Waals surface area contributed by atoms with Crippen molar-refractivity contribution >= 4 is 17.7 Å². The highest BCUT2D eigenvalue weighted by Crippen LogP contribution is 2.12. The normalized spacial score (nSPS) is 9.92. The summed E-state index contributed by atoms with van der Waals surface area (Å²) in [7, 11) is 2.93. The van der Waals surface area contributed by atoms with E-state index in [-0.39, 0.29) is 6.03 Å². The first-order valence-electron chi connectivity index (χ1n) is 7.48. The van der Waals surface area contributed by atoms with Gasteiger partial charge in [-0.1, -0.05) is 18.2 Å². The number of ether oxygens (including phenoxy) is 2. The molecule has 24 heavy (non-hydrogen) atoms. The van der Waals surface area contributed by atoms with Crippen molar-refractivity contribution in [1.82, 2.24) is 5.32 Å². The van der Waals surface area contributed by atoms with E-state index >= 15 is 0 Å². The smallest absolute Gasteiger partial charge is 0.337 e. The summed E-state index contributed by atoms with van der Waals surface area (Å²) in [5, 5.41) is 5.46. The van der Waals surface area contributed by atoms with E-state index in [4.69, 9.17) is 4.74 Å². The van der Waals surface area contributed by atoms with Crippen LogP contribution in [0.3, 0.4) is 0 Å². The summed E-state index contributed by atoms with van der Waals surface area (Å²) in [5.74, 6) is 0.355. The molecule has 0 saturated carbocycles. The third kappa shape index (κ3) is 5.01. The molecule has 2 aromatic carbocycles. The first-order valence-corrected chi connectivity index (χ1v) is 7.48. The van der Waals surface area contributed by atoms with Gasteiger partial charge < -0.3 is 20.1 Å². The van der Waals surface area contributed by atoms with Crippen LogP contribution in [0.4, 0.5) is 10.5 Å². The molecule has 0 saturated heterocycles. The molecule has 0 aliphatic carbocycles. The van der Waals surface area contributed by atoms with Crippen LogP contribution in [0.5, 0.6) is 5.75 Å². The van der Waals surface area contributed by atoms with E-state index in [9.17, 15) is 9.59 Å². The maximum atomic E-state index is 11.9. The molecule has 0 aromatic heterocycles. The Morgan fingerprint density at radius 2 is 1.79 bits per heavy atom. The van der Waals surface area contributed by atoms with Crippen LogP contribution in [0.2, 0.25) is 0 Å². The van der Waals surface area contributed by atoms with Crippen molar-refractivity contribution in [1.29, 1.82) is 0 Å². The zero-order chi connectivity index (χ0) is 17.4. The van der Waals surface area contributed by atoms with E-state index in [0.717, 1.165) is 11.3 Å². The Bertz CT molecular complexity index is 698. The topological polar surface area (TPSA) is 76.7 Å². The number of nitrogens with one attached hydrogen (secondary N) is 2. The van der Waals surface area contributed by atoms with Crippen LogP contribution >= 0.6 is 0 Å². The maximum Gasteiger partial charge on any atom is 0.337 e. The molecule has 0 bridgehead atoms. The highest BCUT2D eigenvalue weighted by atomic mass is 16.5. The highest BCUT2D eigenvalue weighted by molar-refractivity contribution is 5.93. The molecule has 126 valence electrons. The molecule has 0 spiro atoms. The molecule has 0 atom stereocenters. The van der Waals surface area contributed by atoms with Gasteiger partial charge in [-0.15, -0.1) is 0 Å². The van der Waals surface area contributed by atoms with Gasteiger partial charge in [0.2, 0.25) is 0 Å². The van der Waals surface area contributed by atoms with E-state index in [1.807, 2.05) is 24.3 Å². The molecular formula is C18H20N2O4. The number of benzene rings is 2. The maximum absolute atomic E-state index is 11.9. The lowest BCUT2D eigenvalue weighted by molar-refractivity contribution is 0.0600. The van der Waals surface area contributed by atoms with Gasteiger partial charge in [0.1, 0.15) is 5.75 Å². The minimum atomic E-state index is -0.446. The lowest BCUT2D eigenvalue weighted by atomic mass is 10.1. The van der Waals surface area contributed by atoms with Gasteiger partial charge >= 0.3 is 12.0 Å². The first-order chi connectivity index (χ1) is 11.6. The van der Waals surface area contributed by atoms with Gasteiger partial charge in [-0.25, -0.2) is 9.59 Å². The minimum absolute atomic E-state index is 0.328. The monoisotopic (exact) mass is 328 g/mol. The quantitative estimate of drug-likeness (QED) is 0.800. The Kier molecular flexibility index (Phi) is 6.19. The van der Waals surface area contributed by atoms with E-state index < -0.39 is 5.97 Å². The molecule has 0 unspecified atom stereocenters. The third-order valence-electron chi connectivity index (χ3n) is 3.40. The van der Waals surface area contributed by atoms with E-state index in [2.05, 4.69) is 15.4 Å². The van der Waals surface area contributed by atoms with Gasteiger partial charge in [-0.2, -0.15) is 0 Å². The van der Waals surface area contributed by atoms with Crippen LogP contribution in [-0.2, 0) is 11.2 Å². The third-order valence-corrected chi connectivity index (χ3v) is 3.40. The Morgan fingerprint density at radius 1 is 1.04 bits per heavy atom. The van der Waals surface area contributed by atoms with Gasteiger partial charge in [-0.05, 0) is 42.3 Å². The summed E-state index contributed by atoms with van der Waals surface area (Å²) in [5.41, 5.74) is 2.01. The summed E-state index contributed by atoms with van der Waals surface area (Å²) in [6.07, 6.45) is 0.708. The van der Waals surface area contributed by atoms with E-state index in [1.54, 1.807) is 31.4 Å². The Balaban J connectivity index is 1.81. The molecule has 6 nitrogen and oxygen atoms in total. The van der Waals surface area contributed by atoms with Crippen LogP contribution in [0.15, 0.2) is 48.5 Å². The molecular weight excluding hydrogens is 308 g/mol. The van der Waals surface area contributed by atoms with Gasteiger partial charge in [0, 0.05) is 12.2 Å². The van der Waals surface area contributed by atoms with Gasteiger partial charge in [0.15, 0.2) is 0 Å². The summed E-state index contributed by atoms with van der Waals surface area (Å²) in [6.45, 7) is 0.495. The fraction of sp³-hybridized carbons (Fsp3) is 0.222. The second-order valence-corrected chi connectivity index (χ2v) is 5.05. The number of hydrogen-bond donors (Lipinski definition) is 2. The number of esters is 1. The van der Waals surface area contributed by atoms with Crippen LogP contribution in [0.1, 0.15) is 15.9 Å². The molecule has 0 aliphatic rings. The summed E-state index contributed by atoms with van der Waals surface area (Å²) in [6, 6.07) is 13.9. The SMILES string of the molecule is COC(=O)c1cccc(NC(=O)NCCc2ccc(OC)cc2)c1. The molecule has 2 rings (SSSR count). The summed E-state index contributed by atoms with van der Waals surface area (Å²) >= 11 is 0. The van der Waals surface area contributed by atoms with Crippen LogP contribution < -0.4 is 15.4 Å². The number of urea groups is 1. The van der Waals surface area contributed by atoms with Gasteiger partial charge in [0.05, 0.1) is 19.8 Å². The van der Waals surface area contributed by atoms with Crippen molar-refractivity contribution in [3.05, 3.63) is 59.7 Å². The Labute approximate surface area is 140 Å². The average Bonchev–Trinajstić information content (AvgIpc) is 2.61. The molecule has 2 aromatic rings. The lowest BCUT2D eigenvalue weighted by Crippen LogP contribution is -2.30. The Hall–Kier alpha value is -3.02. The number of carbonyl (C=O) groups excluding carboxylic acids is 2. The molecule has 0 heterocycles. The van der Waals surface area contributed by atoms with Crippen molar-refractivity contribution in [2.75, 3.05) is 26.1 Å². The number of methoxy groups -OCH3 is 2. The van der Waals surface area contributed by atoms with Crippen molar-refractivity contribution in [3.63, 3.8) is 0 Å². The fourth-order valence-electron chi connectivity index (χ4n) is 2.13. The summed E-state index contributed by atoms with van der Waals surface area (Å²) < 4.78 is 9.75. The van der Waals surface area contributed by atoms with Gasteiger partial charge in [-0.3, -0.25) is 0 Å². The number of hydrogen-bond acceptors (Lipinski definition) is 4. The van der Waals surface area contributed by atoms with E-state index in [0.29, 0.717) is 24.2 Å². The average molecular weight is 328 g/mol. The standard InChI is InChI=1S/C18H20N2O4/c1-23-16-8-6-13(7-9-16)10-11-19-18(22)20-15-5-3-4-14(12-15)17(21)24-2/h3-9,12H,10-11H2,1-2H3,(H2,19,20,22). The minimum Gasteiger partial charge on any atom is -0.497 e. The number of anilines is 1. The molecule has 0 fully saturated rings. The predicted octanol–water partition coefficient (Wildman–Crippen LogP) is 2.85. The second kappa shape index (κ2) is 8.57. The largest absolute Gasteiger partial charge is 0.497 e. The van der Waals surface area contributed by atoms with Crippen molar-refractivity contribution < 1.29 is 19.1 Å². The number of carbonyl (C=O) groups is 2. The van der Waals surface area contributed by atoms with Crippen LogP contribution in [0.25, 0.3) is 0 Å².